The molecule has 1 aromatic heterocycles. The maximum absolute atomic E-state index is 12.0. The molecule has 25 heavy (non-hydrogen) atoms. The van der Waals surface area contributed by atoms with Crippen molar-refractivity contribution in [3.63, 3.8) is 0 Å². The van der Waals surface area contributed by atoms with E-state index in [0.717, 1.165) is 11.6 Å². The van der Waals surface area contributed by atoms with Crippen LogP contribution in [0.3, 0.4) is 0 Å². The number of phenols is 1. The number of benzene rings is 2. The number of para-hydroxylation sites is 1. The number of amides is 1. The SMILES string of the molecule is O=C(N/N=C/c1cc(Br)cc([N+](=O)[O-])c1O)c1cc2ccccc2o1. The molecule has 0 radical (unpaired) electrons. The fraction of sp³-hybridized carbons (Fsp3) is 0. The van der Waals surface area contributed by atoms with Crippen LogP contribution in [0.25, 0.3) is 11.0 Å². The molecule has 0 aliphatic heterocycles. The van der Waals surface area contributed by atoms with Gasteiger partial charge in [-0.1, -0.05) is 34.1 Å². The van der Waals surface area contributed by atoms with Gasteiger partial charge in [-0.2, -0.15) is 5.10 Å². The summed E-state index contributed by atoms with van der Waals surface area (Å²) in [6.07, 6.45) is 1.10. The number of nitrogens with one attached hydrogen (secondary N) is 1. The number of phenolic OH excluding ortho intramolecular Hbond substituents is 1. The van der Waals surface area contributed by atoms with Crippen molar-refractivity contribution >= 4 is 44.7 Å². The van der Waals surface area contributed by atoms with Crippen molar-refractivity contribution in [2.75, 3.05) is 0 Å². The van der Waals surface area contributed by atoms with Crippen LogP contribution in [-0.2, 0) is 0 Å². The molecule has 3 rings (SSSR count). The summed E-state index contributed by atoms with van der Waals surface area (Å²) in [5, 5.41) is 25.2. The van der Waals surface area contributed by atoms with Crippen LogP contribution in [0.1, 0.15) is 16.1 Å². The Balaban J connectivity index is 1.79. The summed E-state index contributed by atoms with van der Waals surface area (Å²) < 4.78 is 5.78. The molecule has 0 aliphatic carbocycles. The van der Waals surface area contributed by atoms with Crippen LogP contribution in [0.2, 0.25) is 0 Å². The summed E-state index contributed by atoms with van der Waals surface area (Å²) in [7, 11) is 0. The summed E-state index contributed by atoms with van der Waals surface area (Å²) in [6, 6.07) is 11.3. The lowest BCUT2D eigenvalue weighted by molar-refractivity contribution is -0.385. The van der Waals surface area contributed by atoms with Gasteiger partial charge in [0.25, 0.3) is 0 Å². The minimum atomic E-state index is -0.718. The number of nitro benzene ring substituents is 1. The first-order chi connectivity index (χ1) is 12.0. The number of hydrogen-bond donors (Lipinski definition) is 2. The Morgan fingerprint density at radius 1 is 1.32 bits per heavy atom. The molecular weight excluding hydrogens is 394 g/mol. The number of hydrogen-bond acceptors (Lipinski definition) is 6. The minimum absolute atomic E-state index is 0.0720. The van der Waals surface area contributed by atoms with E-state index >= 15 is 0 Å². The standard InChI is InChI=1S/C16H10BrN3O5/c17-11-5-10(15(21)12(7-11)20(23)24)8-18-19-16(22)14-6-9-3-1-2-4-13(9)25-14/h1-8,21H,(H,19,22)/b18-8+. The number of hydrazone groups is 1. The van der Waals surface area contributed by atoms with Gasteiger partial charge in [-0.15, -0.1) is 0 Å². The highest BCUT2D eigenvalue weighted by Gasteiger charge is 2.18. The number of fused-ring (bicyclic) bond motifs is 1. The summed E-state index contributed by atoms with van der Waals surface area (Å²) in [5.74, 6) is -1.06. The Labute approximate surface area is 149 Å². The Morgan fingerprint density at radius 2 is 2.08 bits per heavy atom. The smallest absolute Gasteiger partial charge is 0.312 e. The molecule has 0 spiro atoms. The number of nitrogens with zero attached hydrogens (tertiary/aromatic N) is 2. The van der Waals surface area contributed by atoms with Gasteiger partial charge in [0.1, 0.15) is 5.58 Å². The second-order valence-corrected chi connectivity index (χ2v) is 5.88. The van der Waals surface area contributed by atoms with E-state index in [0.29, 0.717) is 10.1 Å². The molecule has 8 nitrogen and oxygen atoms in total. The predicted molar refractivity (Wildman–Crippen MR) is 93.7 cm³/mol. The third kappa shape index (κ3) is 3.50. The van der Waals surface area contributed by atoms with Crippen LogP contribution in [0, 0.1) is 10.1 Å². The zero-order valence-electron chi connectivity index (χ0n) is 12.5. The molecule has 0 fully saturated rings. The van der Waals surface area contributed by atoms with E-state index in [1.165, 1.54) is 12.1 Å². The van der Waals surface area contributed by atoms with Gasteiger partial charge in [-0.05, 0) is 18.2 Å². The van der Waals surface area contributed by atoms with Crippen LogP contribution >= 0.6 is 15.9 Å². The average Bonchev–Trinajstić information content (AvgIpc) is 3.01. The first-order valence-electron chi connectivity index (χ1n) is 6.94. The van der Waals surface area contributed by atoms with Crippen molar-refractivity contribution in [3.8, 4) is 5.75 Å². The van der Waals surface area contributed by atoms with E-state index in [4.69, 9.17) is 4.42 Å². The van der Waals surface area contributed by atoms with Gasteiger partial charge in [0.15, 0.2) is 5.76 Å². The largest absolute Gasteiger partial charge is 0.502 e. The maximum Gasteiger partial charge on any atom is 0.312 e. The molecule has 0 saturated heterocycles. The van der Waals surface area contributed by atoms with Crippen LogP contribution in [0.15, 0.2) is 56.5 Å². The zero-order valence-corrected chi connectivity index (χ0v) is 14.1. The molecule has 0 aliphatic rings. The highest BCUT2D eigenvalue weighted by molar-refractivity contribution is 9.10. The van der Waals surface area contributed by atoms with Crippen molar-refractivity contribution in [1.82, 2.24) is 5.43 Å². The van der Waals surface area contributed by atoms with E-state index in [2.05, 4.69) is 26.5 Å². The predicted octanol–water partition coefficient (Wildman–Crippen LogP) is 3.57. The van der Waals surface area contributed by atoms with Gasteiger partial charge >= 0.3 is 11.6 Å². The molecule has 0 atom stereocenters. The molecule has 1 heterocycles. The van der Waals surface area contributed by atoms with Crippen molar-refractivity contribution in [1.29, 1.82) is 0 Å². The lowest BCUT2D eigenvalue weighted by Gasteiger charge is -2.01. The Kier molecular flexibility index (Phi) is 4.48. The number of halogens is 1. The molecular formula is C16H10BrN3O5. The van der Waals surface area contributed by atoms with Gasteiger partial charge in [0, 0.05) is 21.5 Å². The molecule has 1 amide bonds. The highest BCUT2D eigenvalue weighted by Crippen LogP contribution is 2.32. The van der Waals surface area contributed by atoms with Crippen LogP contribution < -0.4 is 5.43 Å². The van der Waals surface area contributed by atoms with E-state index in [9.17, 15) is 20.0 Å². The molecule has 9 heteroatoms. The van der Waals surface area contributed by atoms with Gasteiger partial charge in [-0.25, -0.2) is 5.43 Å². The van der Waals surface area contributed by atoms with Crippen LogP contribution in [-0.4, -0.2) is 22.2 Å². The molecule has 3 aromatic rings. The van der Waals surface area contributed by atoms with Gasteiger partial charge in [-0.3, -0.25) is 14.9 Å². The Hall–Kier alpha value is -3.20. The molecule has 0 unspecified atom stereocenters. The number of carbonyl (C=O) groups excluding carboxylic acids is 1. The second kappa shape index (κ2) is 6.73. The van der Waals surface area contributed by atoms with E-state index < -0.39 is 22.3 Å². The minimum Gasteiger partial charge on any atom is -0.502 e. The third-order valence-electron chi connectivity index (χ3n) is 3.30. The summed E-state index contributed by atoms with van der Waals surface area (Å²) >= 11 is 3.11. The number of furan rings is 1. The topological polar surface area (TPSA) is 118 Å². The fourth-order valence-electron chi connectivity index (χ4n) is 2.15. The first kappa shape index (κ1) is 16.7. The molecule has 2 aromatic carbocycles. The van der Waals surface area contributed by atoms with Gasteiger partial charge in [0.05, 0.1) is 11.1 Å². The zero-order chi connectivity index (χ0) is 18.0. The number of carbonyl (C=O) groups is 1. The van der Waals surface area contributed by atoms with Crippen LogP contribution in [0.4, 0.5) is 5.69 Å². The number of aromatic hydroxyl groups is 1. The summed E-state index contributed by atoms with van der Waals surface area (Å²) in [6.45, 7) is 0. The highest BCUT2D eigenvalue weighted by atomic mass is 79.9. The Bertz CT molecular complexity index is 979. The Morgan fingerprint density at radius 3 is 2.80 bits per heavy atom. The van der Waals surface area contributed by atoms with Gasteiger partial charge in [0.2, 0.25) is 5.75 Å². The summed E-state index contributed by atoms with van der Waals surface area (Å²) in [5.41, 5.74) is 2.41. The summed E-state index contributed by atoms with van der Waals surface area (Å²) in [4.78, 5) is 22.2. The van der Waals surface area contributed by atoms with E-state index in [1.54, 1.807) is 24.3 Å². The average molecular weight is 404 g/mol. The molecule has 2 N–H and O–H groups in total. The van der Waals surface area contributed by atoms with Crippen molar-refractivity contribution in [2.24, 2.45) is 5.10 Å². The maximum atomic E-state index is 12.0. The van der Waals surface area contributed by atoms with Crippen molar-refractivity contribution in [3.05, 3.63) is 68.4 Å². The van der Waals surface area contributed by atoms with Crippen molar-refractivity contribution in [2.45, 2.75) is 0 Å². The molecule has 0 bridgehead atoms. The van der Waals surface area contributed by atoms with E-state index in [-0.39, 0.29) is 11.3 Å². The molecule has 0 saturated carbocycles. The number of nitro groups is 1. The monoisotopic (exact) mass is 403 g/mol. The van der Waals surface area contributed by atoms with Crippen LogP contribution in [0.5, 0.6) is 5.75 Å². The normalized spacial score (nSPS) is 11.1. The lowest BCUT2D eigenvalue weighted by Crippen LogP contribution is -2.16. The first-order valence-corrected chi connectivity index (χ1v) is 7.74. The quantitative estimate of drug-likeness (QED) is 0.392. The van der Waals surface area contributed by atoms with Gasteiger partial charge < -0.3 is 9.52 Å². The second-order valence-electron chi connectivity index (χ2n) is 4.97. The third-order valence-corrected chi connectivity index (χ3v) is 3.76. The van der Waals surface area contributed by atoms with E-state index in [1.807, 2.05) is 6.07 Å². The lowest BCUT2D eigenvalue weighted by atomic mass is 10.2. The molecule has 126 valence electrons. The fourth-order valence-corrected chi connectivity index (χ4v) is 2.62. The number of rotatable bonds is 4. The van der Waals surface area contributed by atoms with Crippen molar-refractivity contribution < 1.29 is 19.2 Å².